The standard InChI is InChI=1S/C13H25NS/c1-13(2,15-3)9-14-8-12-7-10-4-5-11(12)6-10/h10-12,14H,4-9H2,1-3H3. The monoisotopic (exact) mass is 227 g/mol. The summed E-state index contributed by atoms with van der Waals surface area (Å²) in [6.07, 6.45) is 8.30. The van der Waals surface area contributed by atoms with Crippen LogP contribution in [0.1, 0.15) is 39.5 Å². The van der Waals surface area contributed by atoms with Crippen molar-refractivity contribution < 1.29 is 0 Å². The molecule has 1 nitrogen and oxygen atoms in total. The Bertz CT molecular complexity index is 215. The lowest BCUT2D eigenvalue weighted by Gasteiger charge is -2.26. The predicted molar refractivity (Wildman–Crippen MR) is 69.4 cm³/mol. The number of rotatable bonds is 5. The molecule has 2 aliphatic rings. The zero-order valence-corrected chi connectivity index (χ0v) is 11.2. The second kappa shape index (κ2) is 4.67. The van der Waals surface area contributed by atoms with Crippen molar-refractivity contribution in [1.29, 1.82) is 0 Å². The van der Waals surface area contributed by atoms with Crippen LogP contribution in [0.3, 0.4) is 0 Å². The molecular weight excluding hydrogens is 202 g/mol. The fourth-order valence-electron chi connectivity index (χ4n) is 3.26. The Hall–Kier alpha value is 0.310. The lowest BCUT2D eigenvalue weighted by atomic mass is 9.89. The molecule has 3 unspecified atom stereocenters. The van der Waals surface area contributed by atoms with E-state index in [-0.39, 0.29) is 0 Å². The van der Waals surface area contributed by atoms with E-state index >= 15 is 0 Å². The molecule has 0 saturated heterocycles. The molecule has 2 aliphatic carbocycles. The van der Waals surface area contributed by atoms with Crippen molar-refractivity contribution >= 4 is 11.8 Å². The quantitative estimate of drug-likeness (QED) is 0.774. The molecule has 3 atom stereocenters. The molecule has 0 aromatic heterocycles. The minimum Gasteiger partial charge on any atom is -0.315 e. The smallest absolute Gasteiger partial charge is 0.0225 e. The highest BCUT2D eigenvalue weighted by Gasteiger charge is 2.38. The molecule has 2 heteroatoms. The van der Waals surface area contributed by atoms with Crippen LogP contribution in [0, 0.1) is 17.8 Å². The summed E-state index contributed by atoms with van der Waals surface area (Å²) < 4.78 is 0.400. The van der Waals surface area contributed by atoms with Crippen LogP contribution in [-0.2, 0) is 0 Å². The summed E-state index contributed by atoms with van der Waals surface area (Å²) in [4.78, 5) is 0. The van der Waals surface area contributed by atoms with Crippen LogP contribution in [0.25, 0.3) is 0 Å². The molecule has 1 N–H and O–H groups in total. The molecule has 2 fully saturated rings. The Morgan fingerprint density at radius 3 is 2.60 bits per heavy atom. The number of fused-ring (bicyclic) bond motifs is 2. The van der Waals surface area contributed by atoms with E-state index in [9.17, 15) is 0 Å². The third-order valence-electron chi connectivity index (χ3n) is 4.39. The third-order valence-corrected chi connectivity index (χ3v) is 5.64. The summed E-state index contributed by atoms with van der Waals surface area (Å²) >= 11 is 1.96. The van der Waals surface area contributed by atoms with Crippen molar-refractivity contribution in [3.05, 3.63) is 0 Å². The maximum absolute atomic E-state index is 3.68. The molecule has 88 valence electrons. The van der Waals surface area contributed by atoms with Crippen molar-refractivity contribution in [1.82, 2.24) is 5.32 Å². The molecule has 0 aliphatic heterocycles. The van der Waals surface area contributed by atoms with Crippen molar-refractivity contribution in [2.24, 2.45) is 17.8 Å². The summed E-state index contributed by atoms with van der Waals surface area (Å²) in [7, 11) is 0. The highest BCUT2D eigenvalue weighted by atomic mass is 32.2. The van der Waals surface area contributed by atoms with E-state index in [1.165, 1.54) is 32.2 Å². The number of hydrogen-bond donors (Lipinski definition) is 1. The van der Waals surface area contributed by atoms with E-state index < -0.39 is 0 Å². The Morgan fingerprint density at radius 2 is 2.07 bits per heavy atom. The molecule has 0 aromatic rings. The summed E-state index contributed by atoms with van der Waals surface area (Å²) in [5.74, 6) is 3.16. The van der Waals surface area contributed by atoms with Gasteiger partial charge in [-0.2, -0.15) is 11.8 Å². The molecule has 0 aromatic carbocycles. The maximum atomic E-state index is 3.68. The van der Waals surface area contributed by atoms with Gasteiger partial charge in [0.25, 0.3) is 0 Å². The van der Waals surface area contributed by atoms with Crippen LogP contribution in [0.5, 0.6) is 0 Å². The number of thioether (sulfide) groups is 1. The van der Waals surface area contributed by atoms with E-state index in [1.54, 1.807) is 0 Å². The first-order chi connectivity index (χ1) is 7.11. The van der Waals surface area contributed by atoms with Crippen molar-refractivity contribution in [2.45, 2.75) is 44.3 Å². The Morgan fingerprint density at radius 1 is 1.27 bits per heavy atom. The number of hydrogen-bond acceptors (Lipinski definition) is 2. The lowest BCUT2D eigenvalue weighted by Crippen LogP contribution is -2.36. The SMILES string of the molecule is CSC(C)(C)CNCC1CC2CCC1C2. The van der Waals surface area contributed by atoms with Gasteiger partial charge in [0.1, 0.15) is 0 Å². The highest BCUT2D eigenvalue weighted by molar-refractivity contribution is 7.99. The summed E-state index contributed by atoms with van der Waals surface area (Å²) in [6, 6.07) is 0. The molecule has 0 amide bonds. The molecule has 2 saturated carbocycles. The molecule has 2 bridgehead atoms. The summed E-state index contributed by atoms with van der Waals surface area (Å²) in [5.41, 5.74) is 0. The Labute approximate surface area is 98.8 Å². The van der Waals surface area contributed by atoms with E-state index in [0.717, 1.165) is 24.3 Å². The van der Waals surface area contributed by atoms with Crippen LogP contribution < -0.4 is 5.32 Å². The van der Waals surface area contributed by atoms with Gasteiger partial charge in [0, 0.05) is 11.3 Å². The largest absolute Gasteiger partial charge is 0.315 e. The van der Waals surface area contributed by atoms with Crippen LogP contribution in [-0.4, -0.2) is 24.1 Å². The van der Waals surface area contributed by atoms with Crippen LogP contribution in [0.4, 0.5) is 0 Å². The molecule has 15 heavy (non-hydrogen) atoms. The van der Waals surface area contributed by atoms with E-state index in [0.29, 0.717) is 4.75 Å². The van der Waals surface area contributed by atoms with Gasteiger partial charge in [0.15, 0.2) is 0 Å². The second-order valence-corrected chi connectivity index (χ2v) is 7.54. The zero-order chi connectivity index (χ0) is 10.9. The minimum atomic E-state index is 0.400. The second-order valence-electron chi connectivity index (χ2n) is 6.03. The molecule has 0 spiro atoms. The van der Waals surface area contributed by atoms with Crippen molar-refractivity contribution in [3.63, 3.8) is 0 Å². The van der Waals surface area contributed by atoms with Gasteiger partial charge in [-0.15, -0.1) is 0 Å². The molecule has 0 heterocycles. The van der Waals surface area contributed by atoms with Gasteiger partial charge in [0.05, 0.1) is 0 Å². The molecular formula is C13H25NS. The average Bonchev–Trinajstić information content (AvgIpc) is 2.79. The fraction of sp³-hybridized carbons (Fsp3) is 1.00. The first-order valence-electron chi connectivity index (χ1n) is 6.36. The first kappa shape index (κ1) is 11.8. The summed E-state index contributed by atoms with van der Waals surface area (Å²) in [5, 5.41) is 3.68. The lowest BCUT2D eigenvalue weighted by molar-refractivity contribution is 0.316. The van der Waals surface area contributed by atoms with Crippen molar-refractivity contribution in [2.75, 3.05) is 19.3 Å². The van der Waals surface area contributed by atoms with Gasteiger partial charge in [0.2, 0.25) is 0 Å². The van der Waals surface area contributed by atoms with Crippen LogP contribution in [0.2, 0.25) is 0 Å². The third kappa shape index (κ3) is 2.91. The fourth-order valence-corrected chi connectivity index (χ4v) is 3.50. The van der Waals surface area contributed by atoms with Gasteiger partial charge in [-0.05, 0) is 63.7 Å². The van der Waals surface area contributed by atoms with E-state index in [2.05, 4.69) is 25.4 Å². The van der Waals surface area contributed by atoms with E-state index in [1.807, 2.05) is 11.8 Å². The van der Waals surface area contributed by atoms with Crippen LogP contribution >= 0.6 is 11.8 Å². The van der Waals surface area contributed by atoms with Gasteiger partial charge in [-0.3, -0.25) is 0 Å². The van der Waals surface area contributed by atoms with Gasteiger partial charge in [-0.1, -0.05) is 6.42 Å². The van der Waals surface area contributed by atoms with Gasteiger partial charge >= 0.3 is 0 Å². The van der Waals surface area contributed by atoms with Crippen molar-refractivity contribution in [3.8, 4) is 0 Å². The normalized spacial score (nSPS) is 35.0. The van der Waals surface area contributed by atoms with Gasteiger partial charge in [-0.25, -0.2) is 0 Å². The van der Waals surface area contributed by atoms with E-state index in [4.69, 9.17) is 0 Å². The predicted octanol–water partition coefficient (Wildman–Crippen LogP) is 3.15. The zero-order valence-electron chi connectivity index (χ0n) is 10.4. The first-order valence-corrected chi connectivity index (χ1v) is 7.59. The average molecular weight is 227 g/mol. The molecule has 2 rings (SSSR count). The van der Waals surface area contributed by atoms with Gasteiger partial charge < -0.3 is 5.32 Å². The maximum Gasteiger partial charge on any atom is 0.0225 e. The Balaban J connectivity index is 1.67. The number of nitrogens with one attached hydrogen (secondary N) is 1. The minimum absolute atomic E-state index is 0.400. The summed E-state index contributed by atoms with van der Waals surface area (Å²) in [6.45, 7) is 7.07. The molecule has 0 radical (unpaired) electrons. The highest BCUT2D eigenvalue weighted by Crippen LogP contribution is 2.47. The van der Waals surface area contributed by atoms with Crippen LogP contribution in [0.15, 0.2) is 0 Å². The topological polar surface area (TPSA) is 12.0 Å². The Kier molecular flexibility index (Phi) is 3.67.